The van der Waals surface area contributed by atoms with Crippen LogP contribution in [0.15, 0.2) is 12.1 Å². The van der Waals surface area contributed by atoms with Crippen molar-refractivity contribution >= 4 is 27.5 Å². The number of aryl methyl sites for hydroxylation is 1. The lowest BCUT2D eigenvalue weighted by molar-refractivity contribution is -0.140. The van der Waals surface area contributed by atoms with E-state index in [0.29, 0.717) is 29.4 Å². The highest BCUT2D eigenvalue weighted by molar-refractivity contribution is 7.20. The summed E-state index contributed by atoms with van der Waals surface area (Å²) in [6.45, 7) is 4.87. The second kappa shape index (κ2) is 7.05. The van der Waals surface area contributed by atoms with Gasteiger partial charge in [-0.15, -0.1) is 11.3 Å². The summed E-state index contributed by atoms with van der Waals surface area (Å²) in [5.41, 5.74) is -0.195. The first-order valence-corrected chi connectivity index (χ1v) is 10.2. The standard InChI is InChI=1S/C19H22F3N3OS/c1-12-14-6-7-15(19(20,21)22)23-17(14)27-16(12)18(26)25-10-8-24(9-11-25)13-4-2-3-5-13/h6-7,13H,2-5,8-11H2,1H3. The predicted octanol–water partition coefficient (Wildman–Crippen LogP) is 4.32. The molecule has 8 heteroatoms. The van der Waals surface area contributed by atoms with Crippen LogP contribution in [-0.2, 0) is 6.18 Å². The lowest BCUT2D eigenvalue weighted by atomic mass is 10.1. The minimum atomic E-state index is -4.48. The van der Waals surface area contributed by atoms with Crippen LogP contribution in [0.25, 0.3) is 10.2 Å². The Hall–Kier alpha value is -1.67. The van der Waals surface area contributed by atoms with Gasteiger partial charge < -0.3 is 4.90 Å². The number of carbonyl (C=O) groups is 1. The molecule has 3 heterocycles. The second-order valence-corrected chi connectivity index (χ2v) is 8.37. The van der Waals surface area contributed by atoms with Crippen molar-refractivity contribution < 1.29 is 18.0 Å². The Morgan fingerprint density at radius 3 is 2.44 bits per heavy atom. The highest BCUT2D eigenvalue weighted by atomic mass is 32.1. The second-order valence-electron chi connectivity index (χ2n) is 7.37. The molecule has 4 rings (SSSR count). The van der Waals surface area contributed by atoms with Gasteiger partial charge in [-0.1, -0.05) is 12.8 Å². The minimum absolute atomic E-state index is 0.0878. The molecule has 0 unspecified atom stereocenters. The Morgan fingerprint density at radius 2 is 1.81 bits per heavy atom. The molecular formula is C19H22F3N3OS. The number of alkyl halides is 3. The first-order chi connectivity index (χ1) is 12.8. The number of hydrogen-bond acceptors (Lipinski definition) is 4. The maximum absolute atomic E-state index is 13.0. The number of carbonyl (C=O) groups excluding carboxylic acids is 1. The van der Waals surface area contributed by atoms with E-state index in [1.807, 2.05) is 4.90 Å². The van der Waals surface area contributed by atoms with Crippen molar-refractivity contribution in [1.29, 1.82) is 0 Å². The van der Waals surface area contributed by atoms with E-state index < -0.39 is 11.9 Å². The van der Waals surface area contributed by atoms with Gasteiger partial charge in [-0.05, 0) is 37.5 Å². The van der Waals surface area contributed by atoms with E-state index in [2.05, 4.69) is 9.88 Å². The summed E-state index contributed by atoms with van der Waals surface area (Å²) in [4.78, 5) is 21.8. The first-order valence-electron chi connectivity index (χ1n) is 9.35. The van der Waals surface area contributed by atoms with Crippen molar-refractivity contribution in [3.8, 4) is 0 Å². The normalized spacial score (nSPS) is 19.9. The quantitative estimate of drug-likeness (QED) is 0.757. The van der Waals surface area contributed by atoms with Crippen molar-refractivity contribution in [1.82, 2.24) is 14.8 Å². The van der Waals surface area contributed by atoms with E-state index in [1.54, 1.807) is 6.92 Å². The smallest absolute Gasteiger partial charge is 0.335 e. The molecule has 0 atom stereocenters. The van der Waals surface area contributed by atoms with Crippen LogP contribution in [0.4, 0.5) is 13.2 Å². The average molecular weight is 397 g/mol. The van der Waals surface area contributed by atoms with Gasteiger partial charge in [-0.3, -0.25) is 9.69 Å². The predicted molar refractivity (Wildman–Crippen MR) is 99.1 cm³/mol. The van der Waals surface area contributed by atoms with Crippen LogP contribution in [-0.4, -0.2) is 52.9 Å². The minimum Gasteiger partial charge on any atom is -0.335 e. The summed E-state index contributed by atoms with van der Waals surface area (Å²) in [6, 6.07) is 3.06. The molecule has 1 aliphatic heterocycles. The van der Waals surface area contributed by atoms with Crippen LogP contribution >= 0.6 is 11.3 Å². The summed E-state index contributed by atoms with van der Waals surface area (Å²) < 4.78 is 38.7. The number of rotatable bonds is 2. The molecular weight excluding hydrogens is 375 g/mol. The molecule has 1 amide bonds. The third-order valence-electron chi connectivity index (χ3n) is 5.73. The Kier molecular flexibility index (Phi) is 4.88. The maximum atomic E-state index is 13.0. The monoisotopic (exact) mass is 397 g/mol. The van der Waals surface area contributed by atoms with E-state index in [-0.39, 0.29) is 10.7 Å². The highest BCUT2D eigenvalue weighted by Crippen LogP contribution is 2.35. The van der Waals surface area contributed by atoms with E-state index in [4.69, 9.17) is 0 Å². The highest BCUT2D eigenvalue weighted by Gasteiger charge is 2.34. The van der Waals surface area contributed by atoms with Gasteiger partial charge in [0.25, 0.3) is 5.91 Å². The van der Waals surface area contributed by atoms with Crippen molar-refractivity contribution in [2.75, 3.05) is 26.2 Å². The van der Waals surface area contributed by atoms with E-state index in [9.17, 15) is 18.0 Å². The molecule has 1 saturated heterocycles. The van der Waals surface area contributed by atoms with Crippen molar-refractivity contribution in [3.05, 3.63) is 28.3 Å². The number of piperazine rings is 1. The Bertz CT molecular complexity index is 850. The molecule has 0 N–H and O–H groups in total. The van der Waals surface area contributed by atoms with Crippen LogP contribution in [0.1, 0.15) is 46.6 Å². The Morgan fingerprint density at radius 1 is 1.15 bits per heavy atom. The molecule has 146 valence electrons. The fourth-order valence-electron chi connectivity index (χ4n) is 4.16. The number of fused-ring (bicyclic) bond motifs is 1. The molecule has 0 bridgehead atoms. The van der Waals surface area contributed by atoms with Gasteiger partial charge in [-0.2, -0.15) is 13.2 Å². The third kappa shape index (κ3) is 3.57. The zero-order valence-electron chi connectivity index (χ0n) is 15.2. The largest absolute Gasteiger partial charge is 0.433 e. The van der Waals surface area contributed by atoms with E-state index in [0.717, 1.165) is 36.1 Å². The lowest BCUT2D eigenvalue weighted by Crippen LogP contribution is -2.51. The van der Waals surface area contributed by atoms with Crippen LogP contribution in [0.2, 0.25) is 0 Å². The number of amides is 1. The SMILES string of the molecule is Cc1c(C(=O)N2CCN(C3CCCC3)CC2)sc2nc(C(F)(F)F)ccc12. The van der Waals surface area contributed by atoms with Crippen molar-refractivity contribution in [2.45, 2.75) is 44.8 Å². The van der Waals surface area contributed by atoms with Gasteiger partial charge in [0.15, 0.2) is 0 Å². The number of aromatic nitrogens is 1. The average Bonchev–Trinajstić information content (AvgIpc) is 3.29. The molecule has 27 heavy (non-hydrogen) atoms. The zero-order chi connectivity index (χ0) is 19.2. The molecule has 4 nitrogen and oxygen atoms in total. The molecule has 0 aromatic carbocycles. The third-order valence-corrected chi connectivity index (χ3v) is 6.92. The van der Waals surface area contributed by atoms with Gasteiger partial charge >= 0.3 is 6.18 Å². The molecule has 0 radical (unpaired) electrons. The molecule has 2 aliphatic rings. The summed E-state index contributed by atoms with van der Waals surface area (Å²) in [5.74, 6) is -0.0878. The topological polar surface area (TPSA) is 36.4 Å². The Labute approximate surface area is 160 Å². The zero-order valence-corrected chi connectivity index (χ0v) is 16.0. The molecule has 2 fully saturated rings. The summed E-state index contributed by atoms with van der Waals surface area (Å²) >= 11 is 1.07. The first kappa shape index (κ1) is 18.7. The number of halogens is 3. The summed E-state index contributed by atoms with van der Waals surface area (Å²) in [7, 11) is 0. The van der Waals surface area contributed by atoms with E-state index >= 15 is 0 Å². The lowest BCUT2D eigenvalue weighted by Gasteiger charge is -2.38. The molecule has 0 spiro atoms. The van der Waals surface area contributed by atoms with Gasteiger partial charge in [0.1, 0.15) is 10.5 Å². The molecule has 1 aliphatic carbocycles. The summed E-state index contributed by atoms with van der Waals surface area (Å²) in [5, 5.41) is 0.626. The van der Waals surface area contributed by atoms with Gasteiger partial charge in [-0.25, -0.2) is 4.98 Å². The van der Waals surface area contributed by atoms with Gasteiger partial charge in [0.05, 0.1) is 4.88 Å². The van der Waals surface area contributed by atoms with Crippen molar-refractivity contribution in [2.24, 2.45) is 0 Å². The number of nitrogens with zero attached hydrogens (tertiary/aromatic N) is 3. The summed E-state index contributed by atoms with van der Waals surface area (Å²) in [6.07, 6.45) is 0.593. The maximum Gasteiger partial charge on any atom is 0.433 e. The van der Waals surface area contributed by atoms with Gasteiger partial charge in [0, 0.05) is 37.6 Å². The molecule has 1 saturated carbocycles. The van der Waals surface area contributed by atoms with Gasteiger partial charge in [0.2, 0.25) is 0 Å². The van der Waals surface area contributed by atoms with Crippen LogP contribution in [0, 0.1) is 6.92 Å². The number of pyridine rings is 1. The van der Waals surface area contributed by atoms with Crippen molar-refractivity contribution in [3.63, 3.8) is 0 Å². The number of hydrogen-bond donors (Lipinski definition) is 0. The fourth-order valence-corrected chi connectivity index (χ4v) is 5.31. The van der Waals surface area contributed by atoms with E-state index in [1.165, 1.54) is 31.7 Å². The Balaban J connectivity index is 1.52. The van der Waals surface area contributed by atoms with Crippen LogP contribution in [0.3, 0.4) is 0 Å². The fraction of sp³-hybridized carbons (Fsp3) is 0.579. The van der Waals surface area contributed by atoms with Crippen LogP contribution < -0.4 is 0 Å². The molecule has 2 aromatic rings. The number of thiophene rings is 1. The van der Waals surface area contributed by atoms with Crippen LogP contribution in [0.5, 0.6) is 0 Å². The molecule has 2 aromatic heterocycles.